The smallest absolute Gasteiger partial charge is 0.249 e. The quantitative estimate of drug-likeness (QED) is 0.139. The minimum Gasteiger partial charge on any atom is -0.374 e. The van der Waals surface area contributed by atoms with E-state index in [1.807, 2.05) is 67.3 Å². The number of benzene rings is 1. The number of nitrogens with zero attached hydrogens (tertiary/aromatic N) is 9. The monoisotopic (exact) mass is 896 g/mol. The molecule has 4 amide bonds. The van der Waals surface area contributed by atoms with E-state index in [1.165, 1.54) is 6.07 Å². The van der Waals surface area contributed by atoms with Crippen molar-refractivity contribution in [3.8, 4) is 28.3 Å². The van der Waals surface area contributed by atoms with Gasteiger partial charge in [0.15, 0.2) is 0 Å². The fourth-order valence-electron chi connectivity index (χ4n) is 9.95. The van der Waals surface area contributed by atoms with E-state index in [4.69, 9.17) is 10.1 Å². The molecule has 0 radical (unpaired) electrons. The molecule has 0 aliphatic carbocycles. The number of amides is 4. The third-order valence-electron chi connectivity index (χ3n) is 14.0. The van der Waals surface area contributed by atoms with Gasteiger partial charge >= 0.3 is 0 Å². The molecule has 4 aliphatic rings. The zero-order valence-corrected chi connectivity index (χ0v) is 37.8. The maximum absolute atomic E-state index is 15.3. The average molecular weight is 897 g/mol. The number of fused-ring (bicyclic) bond motifs is 1. The zero-order valence-electron chi connectivity index (χ0n) is 37.8. The van der Waals surface area contributed by atoms with Gasteiger partial charge in [0, 0.05) is 90.6 Å². The summed E-state index contributed by atoms with van der Waals surface area (Å²) in [6, 6.07) is 13.1. The number of imide groups is 1. The van der Waals surface area contributed by atoms with Crippen LogP contribution in [0.4, 0.5) is 15.9 Å². The highest BCUT2D eigenvalue weighted by Gasteiger charge is 2.37. The van der Waals surface area contributed by atoms with Crippen LogP contribution in [-0.4, -0.2) is 116 Å². The molecule has 66 heavy (non-hydrogen) atoms. The summed E-state index contributed by atoms with van der Waals surface area (Å²) in [7, 11) is 0. The third-order valence-corrected chi connectivity index (χ3v) is 14.0. The maximum atomic E-state index is 15.3. The van der Waals surface area contributed by atoms with E-state index >= 15 is 4.39 Å². The second kappa shape index (κ2) is 18.7. The van der Waals surface area contributed by atoms with Crippen molar-refractivity contribution in [2.75, 3.05) is 56.0 Å². The molecule has 8 heterocycles. The van der Waals surface area contributed by atoms with Gasteiger partial charge in [0.05, 0.1) is 36.1 Å². The van der Waals surface area contributed by atoms with Gasteiger partial charge in [0.1, 0.15) is 23.7 Å². The van der Waals surface area contributed by atoms with Crippen molar-refractivity contribution in [3.05, 3.63) is 84.3 Å². The first-order chi connectivity index (χ1) is 31.8. The molecule has 3 N–H and O–H groups in total. The Bertz CT molecular complexity index is 2660. The van der Waals surface area contributed by atoms with Gasteiger partial charge in [-0.25, -0.2) is 13.9 Å². The van der Waals surface area contributed by atoms with Crippen molar-refractivity contribution in [2.45, 2.75) is 96.2 Å². The summed E-state index contributed by atoms with van der Waals surface area (Å²) in [5.74, 6) is 0.0893. The Hall–Kier alpha value is -6.67. The highest BCUT2D eigenvalue weighted by Crippen LogP contribution is 2.37. The van der Waals surface area contributed by atoms with Crippen LogP contribution in [0.3, 0.4) is 0 Å². The summed E-state index contributed by atoms with van der Waals surface area (Å²) in [6.07, 6.45) is 14.4. The lowest BCUT2D eigenvalue weighted by Crippen LogP contribution is -2.49. The molecule has 0 bridgehead atoms. The number of aromatic nitrogens is 5. The molecule has 344 valence electrons. The molecule has 17 heteroatoms. The first-order valence-corrected chi connectivity index (χ1v) is 23.2. The molecule has 4 aliphatic heterocycles. The molecular formula is C49H57FN12O4. The number of halogens is 1. The molecule has 4 saturated heterocycles. The van der Waals surface area contributed by atoms with Crippen LogP contribution in [0.2, 0.25) is 0 Å². The maximum Gasteiger partial charge on any atom is 0.249 e. The standard InChI is InChI=1S/C49H57FN12O4/c1-31(2)55-48(66)49(3)14-20-59(21-15-49)43-8-4-33(25-52-43)40-22-34(28-62-46(40)35(24-51)26-54-62)36-27-53-61(29-36)38-12-18-60(19-13-38)45(64)30-58-16-10-32(11-17-58)39-6-5-37(23-41(39)50)56-42-7-9-44(63)57-47(42)65/h4-6,8,22-23,25-29,31-32,38,42,56H,7,9-21,30H2,1-3H3,(H,55,66)(H,57,63,65). The molecule has 1 atom stereocenters. The van der Waals surface area contributed by atoms with Crippen molar-refractivity contribution in [1.29, 1.82) is 5.26 Å². The van der Waals surface area contributed by atoms with Crippen LogP contribution in [0.25, 0.3) is 27.8 Å². The number of rotatable bonds is 11. The van der Waals surface area contributed by atoms with Gasteiger partial charge in [-0.05, 0) is 114 Å². The summed E-state index contributed by atoms with van der Waals surface area (Å²) in [6.45, 7) is 10.5. The summed E-state index contributed by atoms with van der Waals surface area (Å²) < 4.78 is 19.0. The number of nitrogens with one attached hydrogen (secondary N) is 3. The third kappa shape index (κ3) is 9.37. The Morgan fingerprint density at radius 1 is 0.909 bits per heavy atom. The number of hydrogen-bond donors (Lipinski definition) is 3. The Balaban J connectivity index is 0.786. The average Bonchev–Trinajstić information content (AvgIpc) is 3.99. The van der Waals surface area contributed by atoms with Crippen LogP contribution in [0, 0.1) is 22.6 Å². The largest absolute Gasteiger partial charge is 0.374 e. The van der Waals surface area contributed by atoms with Crippen LogP contribution in [-0.2, 0) is 19.2 Å². The molecule has 4 fully saturated rings. The Morgan fingerprint density at radius 2 is 1.68 bits per heavy atom. The van der Waals surface area contributed by atoms with Gasteiger partial charge in [-0.1, -0.05) is 13.0 Å². The molecule has 5 aromatic rings. The summed E-state index contributed by atoms with van der Waals surface area (Å²) in [5.41, 5.74) is 5.42. The predicted octanol–water partition coefficient (Wildman–Crippen LogP) is 5.66. The van der Waals surface area contributed by atoms with Gasteiger partial charge < -0.3 is 20.4 Å². The van der Waals surface area contributed by atoms with Gasteiger partial charge in [-0.15, -0.1) is 0 Å². The topological polar surface area (TPSA) is 186 Å². The summed E-state index contributed by atoms with van der Waals surface area (Å²) >= 11 is 0. The lowest BCUT2D eigenvalue weighted by molar-refractivity contribution is -0.135. The lowest BCUT2D eigenvalue weighted by Gasteiger charge is -2.39. The van der Waals surface area contributed by atoms with E-state index < -0.39 is 17.4 Å². The van der Waals surface area contributed by atoms with Gasteiger partial charge in [0.2, 0.25) is 23.6 Å². The molecule has 1 aromatic carbocycles. The van der Waals surface area contributed by atoms with E-state index in [1.54, 1.807) is 22.8 Å². The minimum absolute atomic E-state index is 0.0395. The molecule has 0 saturated carbocycles. The van der Waals surface area contributed by atoms with Crippen LogP contribution in [0.1, 0.15) is 95.2 Å². The van der Waals surface area contributed by atoms with Gasteiger partial charge in [-0.2, -0.15) is 15.5 Å². The van der Waals surface area contributed by atoms with Gasteiger partial charge in [0.25, 0.3) is 0 Å². The van der Waals surface area contributed by atoms with Crippen molar-refractivity contribution in [2.24, 2.45) is 5.41 Å². The fraction of sp³-hybridized carbons (Fsp3) is 0.469. The molecule has 1 unspecified atom stereocenters. The Labute approximate surface area is 383 Å². The van der Waals surface area contributed by atoms with Crippen LogP contribution in [0.5, 0.6) is 0 Å². The minimum atomic E-state index is -0.574. The summed E-state index contributed by atoms with van der Waals surface area (Å²) in [5, 5.41) is 27.8. The molecular weight excluding hydrogens is 840 g/mol. The molecule has 16 nitrogen and oxygen atoms in total. The number of likely N-dealkylation sites (tertiary alicyclic amines) is 2. The van der Waals surface area contributed by atoms with E-state index in [2.05, 4.69) is 43.0 Å². The van der Waals surface area contributed by atoms with Crippen molar-refractivity contribution in [3.63, 3.8) is 0 Å². The van der Waals surface area contributed by atoms with Crippen molar-refractivity contribution in [1.82, 2.24) is 44.8 Å². The summed E-state index contributed by atoms with van der Waals surface area (Å²) in [4.78, 5) is 61.2. The normalized spacial score (nSPS) is 19.8. The van der Waals surface area contributed by atoms with E-state index in [-0.39, 0.29) is 48.0 Å². The predicted molar refractivity (Wildman–Crippen MR) is 247 cm³/mol. The van der Waals surface area contributed by atoms with E-state index in [0.717, 1.165) is 79.7 Å². The number of anilines is 2. The number of carbonyl (C=O) groups is 4. The number of hydrogen-bond acceptors (Lipinski definition) is 11. The first kappa shape index (κ1) is 44.5. The fourth-order valence-corrected chi connectivity index (χ4v) is 9.95. The van der Waals surface area contributed by atoms with Crippen LogP contribution in [0.15, 0.2) is 67.4 Å². The van der Waals surface area contributed by atoms with Crippen LogP contribution < -0.4 is 20.9 Å². The van der Waals surface area contributed by atoms with Crippen molar-refractivity contribution >= 4 is 40.7 Å². The molecule has 4 aromatic heterocycles. The lowest BCUT2D eigenvalue weighted by atomic mass is 9.79. The van der Waals surface area contributed by atoms with E-state index in [0.29, 0.717) is 61.5 Å². The second-order valence-corrected chi connectivity index (χ2v) is 18.9. The van der Waals surface area contributed by atoms with E-state index in [9.17, 15) is 24.4 Å². The molecule has 0 spiro atoms. The highest BCUT2D eigenvalue weighted by atomic mass is 19.1. The van der Waals surface area contributed by atoms with Crippen molar-refractivity contribution < 1.29 is 23.6 Å². The second-order valence-electron chi connectivity index (χ2n) is 18.9. The Morgan fingerprint density at radius 3 is 2.36 bits per heavy atom. The number of carbonyl (C=O) groups excluding carboxylic acids is 4. The SMILES string of the molecule is CC(C)NC(=O)C1(C)CCN(c2ccc(-c3cc(-c4cnn(C5CCN(C(=O)CN6CCC(c7ccc(NC8CCC(=O)NC8=O)cc7F)CC6)CC5)c4)cn4ncc(C#N)c34)cn2)CC1. The highest BCUT2D eigenvalue weighted by molar-refractivity contribution is 6.01. The number of pyridine rings is 2. The van der Waals surface area contributed by atoms with Gasteiger partial charge in [-0.3, -0.25) is 34.1 Å². The Kier molecular flexibility index (Phi) is 12.6. The number of piperidine rings is 4. The molecule has 9 rings (SSSR count). The van der Waals surface area contributed by atoms with Crippen LogP contribution >= 0.6 is 0 Å². The zero-order chi connectivity index (χ0) is 46.1. The number of nitriles is 1. The first-order valence-electron chi connectivity index (χ1n) is 23.2.